The van der Waals surface area contributed by atoms with Crippen LogP contribution in [0.15, 0.2) is 42.5 Å². The summed E-state index contributed by atoms with van der Waals surface area (Å²) in [4.78, 5) is 16.7. The van der Waals surface area contributed by atoms with Crippen LogP contribution in [0.5, 0.6) is 5.75 Å². The van der Waals surface area contributed by atoms with Crippen LogP contribution in [0.4, 0.5) is 5.69 Å². The summed E-state index contributed by atoms with van der Waals surface area (Å²) in [7, 11) is 0. The Bertz CT molecular complexity index is 806. The van der Waals surface area contributed by atoms with E-state index in [9.17, 15) is 15.0 Å². The second-order valence-corrected chi connectivity index (χ2v) is 7.22. The number of phenols is 1. The maximum atomic E-state index is 12.9. The van der Waals surface area contributed by atoms with Gasteiger partial charge in [0.1, 0.15) is 5.75 Å². The third kappa shape index (κ3) is 4.54. The van der Waals surface area contributed by atoms with Gasteiger partial charge in [-0.2, -0.15) is 0 Å². The van der Waals surface area contributed by atoms with Crippen molar-refractivity contribution >= 4 is 23.2 Å². The van der Waals surface area contributed by atoms with Gasteiger partial charge in [0.15, 0.2) is 0 Å². The number of likely N-dealkylation sites (N-methyl/N-ethyl adjacent to an activating group) is 1. The van der Waals surface area contributed by atoms with Crippen LogP contribution in [0.1, 0.15) is 41.8 Å². The number of hydrogen-bond acceptors (Lipinski definition) is 4. The van der Waals surface area contributed by atoms with Crippen molar-refractivity contribution in [3.8, 4) is 5.75 Å². The molecule has 2 N–H and O–H groups in total. The van der Waals surface area contributed by atoms with E-state index in [1.807, 2.05) is 13.0 Å². The number of benzene rings is 2. The normalized spacial score (nSPS) is 15.0. The number of nitrogens with zero attached hydrogens (tertiary/aromatic N) is 2. The van der Waals surface area contributed by atoms with Gasteiger partial charge < -0.3 is 20.0 Å². The number of hydrogen-bond donors (Lipinski definition) is 2. The molecule has 0 spiro atoms. The molecule has 0 saturated carbocycles. The maximum absolute atomic E-state index is 12.9. The van der Waals surface area contributed by atoms with Crippen LogP contribution in [0, 0.1) is 0 Å². The summed E-state index contributed by atoms with van der Waals surface area (Å²) in [5, 5.41) is 20.6. The zero-order valence-corrected chi connectivity index (χ0v) is 16.2. The highest BCUT2D eigenvalue weighted by Crippen LogP contribution is 2.30. The molecule has 2 aromatic carbocycles. The van der Waals surface area contributed by atoms with E-state index >= 15 is 0 Å². The first kappa shape index (κ1) is 19.5. The maximum Gasteiger partial charge on any atom is 0.253 e. The van der Waals surface area contributed by atoms with E-state index in [0.717, 1.165) is 31.6 Å². The van der Waals surface area contributed by atoms with Gasteiger partial charge in [-0.3, -0.25) is 4.79 Å². The molecule has 1 fully saturated rings. The molecule has 1 aliphatic rings. The topological polar surface area (TPSA) is 64.0 Å². The van der Waals surface area contributed by atoms with Crippen LogP contribution in [0.25, 0.3) is 0 Å². The van der Waals surface area contributed by atoms with E-state index in [4.69, 9.17) is 11.6 Å². The first-order valence-corrected chi connectivity index (χ1v) is 9.68. The van der Waals surface area contributed by atoms with Crippen molar-refractivity contribution in [2.45, 2.75) is 25.9 Å². The summed E-state index contributed by atoms with van der Waals surface area (Å²) in [6, 6.07) is 11.9. The van der Waals surface area contributed by atoms with Crippen molar-refractivity contribution in [2.75, 3.05) is 31.1 Å². The smallest absolute Gasteiger partial charge is 0.253 e. The minimum Gasteiger partial charge on any atom is -0.508 e. The fourth-order valence-electron chi connectivity index (χ4n) is 3.44. The predicted octanol–water partition coefficient (Wildman–Crippen LogP) is 3.84. The second-order valence-electron chi connectivity index (χ2n) is 6.81. The number of carbonyl (C=O) groups excluding carboxylic acids is 1. The van der Waals surface area contributed by atoms with Crippen LogP contribution in [-0.4, -0.2) is 47.2 Å². The number of carbonyl (C=O) groups is 1. The Morgan fingerprint density at radius 2 is 1.96 bits per heavy atom. The highest BCUT2D eigenvalue weighted by atomic mass is 35.5. The summed E-state index contributed by atoms with van der Waals surface area (Å²) < 4.78 is 0. The number of halogens is 1. The van der Waals surface area contributed by atoms with Gasteiger partial charge in [0.2, 0.25) is 0 Å². The van der Waals surface area contributed by atoms with Gasteiger partial charge in [-0.25, -0.2) is 0 Å². The van der Waals surface area contributed by atoms with Crippen LogP contribution < -0.4 is 4.90 Å². The summed E-state index contributed by atoms with van der Waals surface area (Å²) in [6.07, 6.45) is 1.45. The number of aliphatic hydroxyl groups is 1. The van der Waals surface area contributed by atoms with Crippen molar-refractivity contribution in [1.82, 2.24) is 4.90 Å². The van der Waals surface area contributed by atoms with Gasteiger partial charge in [0, 0.05) is 25.2 Å². The number of rotatable bonds is 6. The molecule has 1 atom stereocenters. The molecule has 0 aromatic heterocycles. The molecule has 0 bridgehead atoms. The Hall–Kier alpha value is -2.24. The van der Waals surface area contributed by atoms with E-state index in [-0.39, 0.29) is 18.2 Å². The molecule has 1 saturated heterocycles. The third-order valence-corrected chi connectivity index (χ3v) is 5.26. The van der Waals surface area contributed by atoms with Crippen molar-refractivity contribution in [3.05, 3.63) is 58.6 Å². The van der Waals surface area contributed by atoms with E-state index in [1.165, 1.54) is 6.07 Å². The largest absolute Gasteiger partial charge is 0.508 e. The molecule has 5 nitrogen and oxygen atoms in total. The lowest BCUT2D eigenvalue weighted by molar-refractivity contribution is 0.0635. The standard InChI is InChI=1S/C21H25ClN2O3/c1-2-23(14-20(26)15-6-5-7-17(25)12-15)21(27)16-8-9-19(18(22)13-16)24-10-3-4-11-24/h5-9,12-13,20,25-26H,2-4,10-11,14H2,1H3. The molecule has 1 aliphatic heterocycles. The molecular formula is C21H25ClN2O3. The molecule has 27 heavy (non-hydrogen) atoms. The molecule has 6 heteroatoms. The third-order valence-electron chi connectivity index (χ3n) is 4.96. The van der Waals surface area contributed by atoms with E-state index in [1.54, 1.807) is 35.2 Å². The molecule has 144 valence electrons. The van der Waals surface area contributed by atoms with Crippen molar-refractivity contribution in [1.29, 1.82) is 0 Å². The lowest BCUT2D eigenvalue weighted by Crippen LogP contribution is -2.34. The van der Waals surface area contributed by atoms with Crippen LogP contribution in [0.2, 0.25) is 5.02 Å². The van der Waals surface area contributed by atoms with Crippen molar-refractivity contribution in [3.63, 3.8) is 0 Å². The second kappa shape index (κ2) is 8.63. The molecule has 3 rings (SSSR count). The van der Waals surface area contributed by atoms with E-state index in [0.29, 0.717) is 22.7 Å². The average Bonchev–Trinajstić information content (AvgIpc) is 3.19. The van der Waals surface area contributed by atoms with Gasteiger partial charge >= 0.3 is 0 Å². The number of amides is 1. The predicted molar refractivity (Wildman–Crippen MR) is 108 cm³/mol. The van der Waals surface area contributed by atoms with Gasteiger partial charge in [-0.05, 0) is 55.7 Å². The zero-order chi connectivity index (χ0) is 19.4. The first-order chi connectivity index (χ1) is 13.0. The van der Waals surface area contributed by atoms with Crippen LogP contribution in [0.3, 0.4) is 0 Å². The number of phenolic OH excluding ortho intramolecular Hbond substituents is 1. The Morgan fingerprint density at radius 1 is 1.22 bits per heavy atom. The highest BCUT2D eigenvalue weighted by Gasteiger charge is 2.21. The molecular weight excluding hydrogens is 364 g/mol. The van der Waals surface area contributed by atoms with Crippen molar-refractivity contribution < 1.29 is 15.0 Å². The molecule has 1 amide bonds. The number of anilines is 1. The number of aromatic hydroxyl groups is 1. The average molecular weight is 389 g/mol. The van der Waals surface area contributed by atoms with E-state index in [2.05, 4.69) is 4.90 Å². The first-order valence-electron chi connectivity index (χ1n) is 9.30. The zero-order valence-electron chi connectivity index (χ0n) is 15.4. The Labute approximate surface area is 164 Å². The van der Waals surface area contributed by atoms with E-state index < -0.39 is 6.10 Å². The van der Waals surface area contributed by atoms with Crippen LogP contribution >= 0.6 is 11.6 Å². The molecule has 1 heterocycles. The molecule has 2 aromatic rings. The summed E-state index contributed by atoms with van der Waals surface area (Å²) in [6.45, 7) is 4.45. The lowest BCUT2D eigenvalue weighted by atomic mass is 10.1. The molecule has 0 radical (unpaired) electrons. The summed E-state index contributed by atoms with van der Waals surface area (Å²) >= 11 is 6.43. The highest BCUT2D eigenvalue weighted by molar-refractivity contribution is 6.33. The van der Waals surface area contributed by atoms with Gasteiger partial charge in [-0.15, -0.1) is 0 Å². The fourth-order valence-corrected chi connectivity index (χ4v) is 3.74. The quantitative estimate of drug-likeness (QED) is 0.789. The fraction of sp³-hybridized carbons (Fsp3) is 0.381. The Morgan fingerprint density at radius 3 is 2.59 bits per heavy atom. The SMILES string of the molecule is CCN(CC(O)c1cccc(O)c1)C(=O)c1ccc(N2CCCC2)c(Cl)c1. The Kier molecular flexibility index (Phi) is 6.24. The molecule has 1 unspecified atom stereocenters. The summed E-state index contributed by atoms with van der Waals surface area (Å²) in [5.74, 6) is -0.0863. The summed E-state index contributed by atoms with van der Waals surface area (Å²) in [5.41, 5.74) is 2.05. The van der Waals surface area contributed by atoms with Gasteiger partial charge in [0.25, 0.3) is 5.91 Å². The Balaban J connectivity index is 1.73. The van der Waals surface area contributed by atoms with Crippen LogP contribution in [-0.2, 0) is 0 Å². The lowest BCUT2D eigenvalue weighted by Gasteiger charge is -2.25. The molecule has 0 aliphatic carbocycles. The minimum absolute atomic E-state index is 0.0882. The minimum atomic E-state index is -0.875. The number of aliphatic hydroxyl groups excluding tert-OH is 1. The van der Waals surface area contributed by atoms with Gasteiger partial charge in [0.05, 0.1) is 23.4 Å². The van der Waals surface area contributed by atoms with Crippen molar-refractivity contribution in [2.24, 2.45) is 0 Å². The monoisotopic (exact) mass is 388 g/mol. The van der Waals surface area contributed by atoms with Gasteiger partial charge in [-0.1, -0.05) is 23.7 Å².